The van der Waals surface area contributed by atoms with E-state index >= 15 is 0 Å². The SMILES string of the molecule is Cc1cccc([N+](=O)[O-])c1NC(=O)CSc1nnc2ccccn12. The molecule has 2 heterocycles. The number of nitro groups is 1. The summed E-state index contributed by atoms with van der Waals surface area (Å²) in [6.45, 7) is 1.71. The van der Waals surface area contributed by atoms with Gasteiger partial charge in [0.2, 0.25) is 5.91 Å². The Morgan fingerprint density at radius 1 is 1.29 bits per heavy atom. The first kappa shape index (κ1) is 15.9. The zero-order chi connectivity index (χ0) is 17.1. The van der Waals surface area contributed by atoms with Gasteiger partial charge >= 0.3 is 0 Å². The average Bonchev–Trinajstić information content (AvgIpc) is 2.98. The molecule has 0 atom stereocenters. The van der Waals surface area contributed by atoms with Gasteiger partial charge in [0.1, 0.15) is 5.69 Å². The number of pyridine rings is 1. The monoisotopic (exact) mass is 343 g/mol. The van der Waals surface area contributed by atoms with E-state index in [2.05, 4.69) is 15.5 Å². The Labute approximate surface area is 141 Å². The molecular weight excluding hydrogens is 330 g/mol. The van der Waals surface area contributed by atoms with E-state index in [1.807, 2.05) is 24.4 Å². The number of thioether (sulfide) groups is 1. The summed E-state index contributed by atoms with van der Waals surface area (Å²) >= 11 is 1.21. The van der Waals surface area contributed by atoms with E-state index in [1.54, 1.807) is 23.5 Å². The molecule has 8 nitrogen and oxygen atoms in total. The molecule has 0 saturated heterocycles. The van der Waals surface area contributed by atoms with Crippen molar-refractivity contribution in [2.24, 2.45) is 0 Å². The molecular formula is C15H13N5O3S. The first-order valence-corrected chi connectivity index (χ1v) is 8.01. The lowest BCUT2D eigenvalue weighted by molar-refractivity contribution is -0.384. The van der Waals surface area contributed by atoms with E-state index in [0.29, 0.717) is 16.4 Å². The molecule has 0 fully saturated rings. The summed E-state index contributed by atoms with van der Waals surface area (Å²) in [5.41, 5.74) is 1.42. The minimum Gasteiger partial charge on any atom is -0.319 e. The molecule has 0 bridgehead atoms. The Balaban J connectivity index is 1.72. The van der Waals surface area contributed by atoms with Crippen LogP contribution in [0.2, 0.25) is 0 Å². The lowest BCUT2D eigenvalue weighted by Gasteiger charge is -2.08. The van der Waals surface area contributed by atoms with Gasteiger partial charge in [-0.05, 0) is 24.6 Å². The van der Waals surface area contributed by atoms with Gasteiger partial charge in [0.15, 0.2) is 10.8 Å². The van der Waals surface area contributed by atoms with Crippen LogP contribution in [0.15, 0.2) is 47.8 Å². The smallest absolute Gasteiger partial charge is 0.293 e. The summed E-state index contributed by atoms with van der Waals surface area (Å²) in [5, 5.41) is 22.3. The van der Waals surface area contributed by atoms with Crippen LogP contribution in [0.25, 0.3) is 5.65 Å². The Morgan fingerprint density at radius 3 is 2.92 bits per heavy atom. The third-order valence-electron chi connectivity index (χ3n) is 3.33. The maximum atomic E-state index is 12.2. The molecule has 24 heavy (non-hydrogen) atoms. The Hall–Kier alpha value is -2.94. The van der Waals surface area contributed by atoms with Gasteiger partial charge in [-0.2, -0.15) is 0 Å². The maximum Gasteiger partial charge on any atom is 0.293 e. The van der Waals surface area contributed by atoms with Crippen molar-refractivity contribution in [3.05, 3.63) is 58.3 Å². The standard InChI is InChI=1S/C15H13N5O3S/c1-10-5-4-6-11(20(22)23)14(10)16-13(21)9-24-15-18-17-12-7-2-3-8-19(12)15/h2-8H,9H2,1H3,(H,16,21). The van der Waals surface area contributed by atoms with Crippen molar-refractivity contribution in [3.63, 3.8) is 0 Å². The molecule has 0 spiro atoms. The van der Waals surface area contributed by atoms with Crippen LogP contribution in [0.1, 0.15) is 5.56 Å². The molecule has 122 valence electrons. The van der Waals surface area contributed by atoms with Crippen LogP contribution in [-0.2, 0) is 4.79 Å². The molecule has 0 aliphatic rings. The minimum absolute atomic E-state index is 0.0706. The quantitative estimate of drug-likeness (QED) is 0.434. The van der Waals surface area contributed by atoms with E-state index in [1.165, 1.54) is 17.8 Å². The van der Waals surface area contributed by atoms with Crippen molar-refractivity contribution >= 4 is 34.7 Å². The second-order valence-corrected chi connectivity index (χ2v) is 5.92. The lowest BCUT2D eigenvalue weighted by Crippen LogP contribution is -2.16. The predicted molar refractivity (Wildman–Crippen MR) is 90.2 cm³/mol. The highest BCUT2D eigenvalue weighted by molar-refractivity contribution is 7.99. The van der Waals surface area contributed by atoms with Crippen molar-refractivity contribution in [1.29, 1.82) is 0 Å². The van der Waals surface area contributed by atoms with Crippen LogP contribution < -0.4 is 5.32 Å². The fourth-order valence-corrected chi connectivity index (χ4v) is 2.91. The van der Waals surface area contributed by atoms with Gasteiger partial charge in [-0.25, -0.2) is 0 Å². The fraction of sp³-hybridized carbons (Fsp3) is 0.133. The molecule has 0 aliphatic carbocycles. The molecule has 0 saturated carbocycles. The zero-order valence-electron chi connectivity index (χ0n) is 12.7. The number of amides is 1. The number of nitrogens with one attached hydrogen (secondary N) is 1. The van der Waals surface area contributed by atoms with Crippen LogP contribution >= 0.6 is 11.8 Å². The van der Waals surface area contributed by atoms with Gasteiger partial charge in [-0.1, -0.05) is 30.0 Å². The number of benzene rings is 1. The van der Waals surface area contributed by atoms with Crippen molar-refractivity contribution in [2.45, 2.75) is 12.1 Å². The van der Waals surface area contributed by atoms with Gasteiger partial charge in [0.25, 0.3) is 5.69 Å². The number of anilines is 1. The zero-order valence-corrected chi connectivity index (χ0v) is 13.5. The second kappa shape index (κ2) is 6.67. The Kier molecular flexibility index (Phi) is 4.43. The minimum atomic E-state index is -0.512. The van der Waals surface area contributed by atoms with Gasteiger partial charge in [-0.15, -0.1) is 10.2 Å². The summed E-state index contributed by atoms with van der Waals surface area (Å²) in [6, 6.07) is 10.2. The molecule has 0 unspecified atom stereocenters. The molecule has 3 rings (SSSR count). The van der Waals surface area contributed by atoms with E-state index < -0.39 is 4.92 Å². The number of para-hydroxylation sites is 1. The normalized spacial score (nSPS) is 10.7. The van der Waals surface area contributed by atoms with Crippen LogP contribution in [0.3, 0.4) is 0 Å². The van der Waals surface area contributed by atoms with Crippen LogP contribution in [-0.4, -0.2) is 31.2 Å². The van der Waals surface area contributed by atoms with Gasteiger partial charge in [-0.3, -0.25) is 19.3 Å². The van der Waals surface area contributed by atoms with Gasteiger partial charge in [0, 0.05) is 12.3 Å². The third-order valence-corrected chi connectivity index (χ3v) is 4.27. The number of rotatable bonds is 5. The number of carbonyl (C=O) groups excluding carboxylic acids is 1. The second-order valence-electron chi connectivity index (χ2n) is 4.97. The number of nitro benzene ring substituents is 1. The van der Waals surface area contributed by atoms with E-state index in [0.717, 1.165) is 0 Å². The molecule has 9 heteroatoms. The first-order valence-electron chi connectivity index (χ1n) is 7.02. The van der Waals surface area contributed by atoms with Crippen molar-refractivity contribution < 1.29 is 9.72 Å². The highest BCUT2D eigenvalue weighted by Gasteiger charge is 2.18. The number of carbonyl (C=O) groups is 1. The summed E-state index contributed by atoms with van der Waals surface area (Å²) in [5.74, 6) is -0.272. The van der Waals surface area contributed by atoms with Crippen molar-refractivity contribution in [1.82, 2.24) is 14.6 Å². The molecule has 2 aromatic heterocycles. The Morgan fingerprint density at radius 2 is 2.12 bits per heavy atom. The molecule has 3 aromatic rings. The molecule has 0 aliphatic heterocycles. The summed E-state index contributed by atoms with van der Waals surface area (Å²) in [7, 11) is 0. The summed E-state index contributed by atoms with van der Waals surface area (Å²) < 4.78 is 1.77. The highest BCUT2D eigenvalue weighted by atomic mass is 32.2. The topological polar surface area (TPSA) is 102 Å². The maximum absolute atomic E-state index is 12.2. The highest BCUT2D eigenvalue weighted by Crippen LogP contribution is 2.28. The summed E-state index contributed by atoms with van der Waals surface area (Å²) in [6.07, 6.45) is 1.81. The molecule has 1 aromatic carbocycles. The van der Waals surface area contributed by atoms with E-state index in [-0.39, 0.29) is 23.0 Å². The van der Waals surface area contributed by atoms with Gasteiger partial charge < -0.3 is 5.32 Å². The van der Waals surface area contributed by atoms with Crippen LogP contribution in [0, 0.1) is 17.0 Å². The average molecular weight is 343 g/mol. The molecule has 1 N–H and O–H groups in total. The predicted octanol–water partition coefficient (Wildman–Crippen LogP) is 2.68. The molecule has 1 amide bonds. The van der Waals surface area contributed by atoms with E-state index in [9.17, 15) is 14.9 Å². The first-order chi connectivity index (χ1) is 11.6. The Bertz CT molecular complexity index is 924. The number of fused-ring (bicyclic) bond motifs is 1. The number of aromatic nitrogens is 3. The van der Waals surface area contributed by atoms with Crippen LogP contribution in [0.5, 0.6) is 0 Å². The number of hydrogen-bond donors (Lipinski definition) is 1. The number of nitrogens with zero attached hydrogens (tertiary/aromatic N) is 4. The van der Waals surface area contributed by atoms with Gasteiger partial charge in [0.05, 0.1) is 10.7 Å². The third kappa shape index (κ3) is 3.20. The summed E-state index contributed by atoms with van der Waals surface area (Å²) in [4.78, 5) is 22.7. The molecule has 0 radical (unpaired) electrons. The number of hydrogen-bond acceptors (Lipinski definition) is 6. The van der Waals surface area contributed by atoms with E-state index in [4.69, 9.17) is 0 Å². The lowest BCUT2D eigenvalue weighted by atomic mass is 10.1. The van der Waals surface area contributed by atoms with Crippen molar-refractivity contribution in [2.75, 3.05) is 11.1 Å². The largest absolute Gasteiger partial charge is 0.319 e. The van der Waals surface area contributed by atoms with Crippen LogP contribution in [0.4, 0.5) is 11.4 Å². The number of aryl methyl sites for hydroxylation is 1. The fourth-order valence-electron chi connectivity index (χ4n) is 2.19. The van der Waals surface area contributed by atoms with Crippen molar-refractivity contribution in [3.8, 4) is 0 Å².